The summed E-state index contributed by atoms with van der Waals surface area (Å²) in [4.78, 5) is 12.4. The molecule has 7 nitrogen and oxygen atoms in total. The number of sulfonamides is 1. The SMILES string of the molecule is O=C(Nc1ccccc1)c1nnc([C@H]2CCCN(S(=O)(=O)Cc3ccccc3)C2)s1. The molecule has 156 valence electrons. The summed E-state index contributed by atoms with van der Waals surface area (Å²) in [5, 5.41) is 12.0. The molecule has 0 bridgehead atoms. The second kappa shape index (κ2) is 9.03. The van der Waals surface area contributed by atoms with Crippen LogP contribution in [0.4, 0.5) is 5.69 Å². The van der Waals surface area contributed by atoms with Crippen LogP contribution in [0.25, 0.3) is 0 Å². The lowest BCUT2D eigenvalue weighted by atomic mass is 10.0. The average Bonchev–Trinajstić information content (AvgIpc) is 3.26. The van der Waals surface area contributed by atoms with Gasteiger partial charge in [0.1, 0.15) is 5.01 Å². The van der Waals surface area contributed by atoms with Crippen molar-refractivity contribution >= 4 is 33.0 Å². The highest BCUT2D eigenvalue weighted by Gasteiger charge is 2.31. The molecule has 1 atom stereocenters. The van der Waals surface area contributed by atoms with Gasteiger partial charge in [-0.05, 0) is 30.5 Å². The molecule has 1 amide bonds. The third kappa shape index (κ3) is 4.92. The van der Waals surface area contributed by atoms with Gasteiger partial charge >= 0.3 is 0 Å². The quantitative estimate of drug-likeness (QED) is 0.631. The minimum Gasteiger partial charge on any atom is -0.320 e. The Balaban J connectivity index is 1.43. The molecule has 4 rings (SSSR count). The highest BCUT2D eigenvalue weighted by molar-refractivity contribution is 7.88. The summed E-state index contributed by atoms with van der Waals surface area (Å²) in [6.07, 6.45) is 1.58. The summed E-state index contributed by atoms with van der Waals surface area (Å²) >= 11 is 1.23. The molecule has 0 spiro atoms. The van der Waals surface area contributed by atoms with Gasteiger partial charge in [0.05, 0.1) is 5.75 Å². The molecule has 1 fully saturated rings. The Morgan fingerprint density at radius 3 is 2.50 bits per heavy atom. The molecule has 1 aromatic heterocycles. The van der Waals surface area contributed by atoms with Gasteiger partial charge in [0, 0.05) is 24.7 Å². The van der Waals surface area contributed by atoms with Crippen LogP contribution in [0.2, 0.25) is 0 Å². The average molecular weight is 443 g/mol. The number of hydrogen-bond donors (Lipinski definition) is 1. The molecule has 1 saturated heterocycles. The summed E-state index contributed by atoms with van der Waals surface area (Å²) in [5.74, 6) is -0.379. The molecule has 0 unspecified atom stereocenters. The van der Waals surface area contributed by atoms with Crippen molar-refractivity contribution in [3.05, 3.63) is 76.2 Å². The van der Waals surface area contributed by atoms with E-state index in [2.05, 4.69) is 15.5 Å². The Bertz CT molecular complexity index is 1100. The number of piperidine rings is 1. The predicted molar refractivity (Wildman–Crippen MR) is 117 cm³/mol. The van der Waals surface area contributed by atoms with Crippen molar-refractivity contribution in [3.8, 4) is 0 Å². The van der Waals surface area contributed by atoms with Crippen molar-refractivity contribution in [2.24, 2.45) is 0 Å². The summed E-state index contributed by atoms with van der Waals surface area (Å²) in [5.41, 5.74) is 1.46. The van der Waals surface area contributed by atoms with Crippen molar-refractivity contribution in [2.75, 3.05) is 18.4 Å². The summed E-state index contributed by atoms with van der Waals surface area (Å²) in [6.45, 7) is 0.871. The lowest BCUT2D eigenvalue weighted by molar-refractivity contribution is 0.102. The zero-order chi connectivity index (χ0) is 21.0. The van der Waals surface area contributed by atoms with Gasteiger partial charge in [-0.3, -0.25) is 4.79 Å². The predicted octanol–water partition coefficient (Wildman–Crippen LogP) is 3.50. The summed E-state index contributed by atoms with van der Waals surface area (Å²) < 4.78 is 27.3. The van der Waals surface area contributed by atoms with Crippen LogP contribution < -0.4 is 5.32 Å². The van der Waals surface area contributed by atoms with Crippen molar-refractivity contribution in [2.45, 2.75) is 24.5 Å². The van der Waals surface area contributed by atoms with Crippen LogP contribution in [0.5, 0.6) is 0 Å². The maximum atomic E-state index is 12.9. The van der Waals surface area contributed by atoms with Crippen LogP contribution in [-0.2, 0) is 15.8 Å². The highest BCUT2D eigenvalue weighted by Crippen LogP contribution is 2.31. The van der Waals surface area contributed by atoms with E-state index in [1.165, 1.54) is 11.3 Å². The van der Waals surface area contributed by atoms with Crippen molar-refractivity contribution in [1.29, 1.82) is 0 Å². The van der Waals surface area contributed by atoms with E-state index in [0.717, 1.165) is 18.4 Å². The van der Waals surface area contributed by atoms with Gasteiger partial charge in [-0.1, -0.05) is 59.9 Å². The molecule has 9 heteroatoms. The van der Waals surface area contributed by atoms with Gasteiger partial charge in [-0.15, -0.1) is 10.2 Å². The fourth-order valence-electron chi connectivity index (χ4n) is 3.47. The molecule has 3 aromatic rings. The second-order valence-corrected chi connectivity index (χ2v) is 10.2. The first kappa shape index (κ1) is 20.6. The van der Waals surface area contributed by atoms with Crippen molar-refractivity contribution < 1.29 is 13.2 Å². The number of benzene rings is 2. The van der Waals surface area contributed by atoms with Crippen LogP contribution in [0.3, 0.4) is 0 Å². The van der Waals surface area contributed by atoms with Crippen LogP contribution in [0, 0.1) is 0 Å². The van der Waals surface area contributed by atoms with Gasteiger partial charge in [-0.2, -0.15) is 0 Å². The maximum Gasteiger partial charge on any atom is 0.286 e. The van der Waals surface area contributed by atoms with Crippen molar-refractivity contribution in [3.63, 3.8) is 0 Å². The van der Waals surface area contributed by atoms with Gasteiger partial charge in [0.2, 0.25) is 15.0 Å². The minimum absolute atomic E-state index is 0.0125. The molecule has 1 aliphatic heterocycles. The zero-order valence-corrected chi connectivity index (χ0v) is 17.9. The third-order valence-electron chi connectivity index (χ3n) is 4.99. The molecule has 30 heavy (non-hydrogen) atoms. The highest BCUT2D eigenvalue weighted by atomic mass is 32.2. The van der Waals surface area contributed by atoms with Crippen LogP contribution >= 0.6 is 11.3 Å². The van der Waals surface area contributed by atoms with Gasteiger partial charge < -0.3 is 5.32 Å². The topological polar surface area (TPSA) is 92.3 Å². The number of anilines is 1. The molecule has 0 aliphatic carbocycles. The van der Waals surface area contributed by atoms with E-state index < -0.39 is 10.0 Å². The summed E-state index contributed by atoms with van der Waals surface area (Å²) in [6, 6.07) is 18.4. The third-order valence-corrected chi connectivity index (χ3v) is 7.89. The second-order valence-electron chi connectivity index (χ2n) is 7.20. The van der Waals surface area contributed by atoms with Gasteiger partial charge in [0.15, 0.2) is 0 Å². The lowest BCUT2D eigenvalue weighted by Crippen LogP contribution is -2.39. The van der Waals surface area contributed by atoms with E-state index in [-0.39, 0.29) is 22.6 Å². The van der Waals surface area contributed by atoms with E-state index >= 15 is 0 Å². The number of aromatic nitrogens is 2. The van der Waals surface area contributed by atoms with Crippen LogP contribution in [0.15, 0.2) is 60.7 Å². The molecule has 1 aliphatic rings. The Hall–Kier alpha value is -2.62. The van der Waals surface area contributed by atoms with E-state index in [0.29, 0.717) is 23.8 Å². The Morgan fingerprint density at radius 1 is 1.07 bits per heavy atom. The molecular weight excluding hydrogens is 420 g/mol. The standard InChI is InChI=1S/C21H22N4O3S2/c26-19(22-18-11-5-2-6-12-18)21-24-23-20(29-21)17-10-7-13-25(14-17)30(27,28)15-16-8-3-1-4-9-16/h1-6,8-9,11-12,17H,7,10,13-15H2,(H,22,26)/t17-/m0/s1. The fraction of sp³-hybridized carbons (Fsp3) is 0.286. The number of nitrogens with zero attached hydrogens (tertiary/aromatic N) is 3. The lowest BCUT2D eigenvalue weighted by Gasteiger charge is -2.30. The number of carbonyl (C=O) groups is 1. The Morgan fingerprint density at radius 2 is 1.77 bits per heavy atom. The molecule has 0 saturated carbocycles. The molecule has 2 aromatic carbocycles. The van der Waals surface area contributed by atoms with E-state index in [1.54, 1.807) is 16.4 Å². The van der Waals surface area contributed by atoms with Crippen molar-refractivity contribution in [1.82, 2.24) is 14.5 Å². The first-order valence-corrected chi connectivity index (χ1v) is 12.2. The molecular formula is C21H22N4O3S2. The first-order chi connectivity index (χ1) is 14.5. The zero-order valence-electron chi connectivity index (χ0n) is 16.3. The monoisotopic (exact) mass is 442 g/mol. The maximum absolute atomic E-state index is 12.9. The smallest absolute Gasteiger partial charge is 0.286 e. The first-order valence-electron chi connectivity index (χ1n) is 9.73. The number of para-hydroxylation sites is 1. The number of rotatable bonds is 6. The number of amides is 1. The molecule has 1 N–H and O–H groups in total. The fourth-order valence-corrected chi connectivity index (χ4v) is 5.94. The molecule has 2 heterocycles. The van der Waals surface area contributed by atoms with Gasteiger partial charge in [-0.25, -0.2) is 12.7 Å². The number of nitrogens with one attached hydrogen (secondary N) is 1. The summed E-state index contributed by atoms with van der Waals surface area (Å²) in [7, 11) is -3.42. The minimum atomic E-state index is -3.42. The van der Waals surface area contributed by atoms with E-state index in [1.807, 2.05) is 48.5 Å². The number of hydrogen-bond acceptors (Lipinski definition) is 6. The number of carbonyl (C=O) groups excluding carboxylic acids is 1. The normalized spacial score (nSPS) is 17.5. The van der Waals surface area contributed by atoms with Crippen LogP contribution in [-0.4, -0.2) is 41.9 Å². The Kier molecular flexibility index (Phi) is 6.21. The van der Waals surface area contributed by atoms with E-state index in [9.17, 15) is 13.2 Å². The largest absolute Gasteiger partial charge is 0.320 e. The van der Waals surface area contributed by atoms with Crippen LogP contribution in [0.1, 0.15) is 39.1 Å². The molecule has 0 radical (unpaired) electrons. The van der Waals surface area contributed by atoms with Gasteiger partial charge in [0.25, 0.3) is 5.91 Å². The Labute approximate surface area is 179 Å². The van der Waals surface area contributed by atoms with E-state index in [4.69, 9.17) is 0 Å².